The molecule has 94 valence electrons. The van der Waals surface area contributed by atoms with Crippen molar-refractivity contribution in [1.82, 2.24) is 19.9 Å². The van der Waals surface area contributed by atoms with Crippen LogP contribution in [0.3, 0.4) is 0 Å². The number of piperidine rings is 1. The van der Waals surface area contributed by atoms with E-state index < -0.39 is 0 Å². The lowest BCUT2D eigenvalue weighted by atomic mass is 10.00. The molecule has 0 aliphatic carbocycles. The second-order valence-corrected chi connectivity index (χ2v) is 5.40. The summed E-state index contributed by atoms with van der Waals surface area (Å²) in [5.41, 5.74) is 0.900. The molecule has 5 heteroatoms. The molecule has 2 bridgehead atoms. The highest BCUT2D eigenvalue weighted by molar-refractivity contribution is 5.46. The van der Waals surface area contributed by atoms with Crippen LogP contribution in [0.1, 0.15) is 25.7 Å². The van der Waals surface area contributed by atoms with E-state index in [1.807, 2.05) is 18.3 Å². The van der Waals surface area contributed by atoms with E-state index in [2.05, 4.69) is 20.7 Å². The van der Waals surface area contributed by atoms with E-state index in [-0.39, 0.29) is 0 Å². The number of nitrogens with one attached hydrogen (secondary N) is 2. The van der Waals surface area contributed by atoms with Crippen LogP contribution in [-0.2, 0) is 0 Å². The van der Waals surface area contributed by atoms with Crippen LogP contribution in [0, 0.1) is 0 Å². The molecule has 2 unspecified atom stereocenters. The molecule has 0 aromatic carbocycles. The van der Waals surface area contributed by atoms with Crippen LogP contribution >= 0.6 is 0 Å². The molecular weight excluding hydrogens is 226 g/mol. The zero-order valence-corrected chi connectivity index (χ0v) is 10.2. The topological polar surface area (TPSA) is 54.2 Å². The fourth-order valence-electron chi connectivity index (χ4n) is 3.28. The van der Waals surface area contributed by atoms with E-state index >= 15 is 0 Å². The Hall–Kier alpha value is -1.62. The van der Waals surface area contributed by atoms with Crippen molar-refractivity contribution in [3.63, 3.8) is 0 Å². The van der Waals surface area contributed by atoms with Gasteiger partial charge in [0.25, 0.3) is 0 Å². The number of aromatic nitrogens is 3. The first-order chi connectivity index (χ1) is 8.87. The van der Waals surface area contributed by atoms with E-state index in [9.17, 15) is 0 Å². The maximum absolute atomic E-state index is 4.57. The van der Waals surface area contributed by atoms with Crippen LogP contribution in [0.25, 0.3) is 5.65 Å². The van der Waals surface area contributed by atoms with E-state index in [0.717, 1.165) is 11.5 Å². The summed E-state index contributed by atoms with van der Waals surface area (Å²) in [6.45, 7) is 0. The molecule has 2 atom stereocenters. The summed E-state index contributed by atoms with van der Waals surface area (Å²) in [5.74, 6) is 0.967. The SMILES string of the molecule is c1cc2nc(NC3CC4CCC(C3)N4)ccn2n1. The molecule has 2 aliphatic heterocycles. The van der Waals surface area contributed by atoms with Gasteiger partial charge in [-0.15, -0.1) is 0 Å². The number of fused-ring (bicyclic) bond motifs is 3. The first-order valence-corrected chi connectivity index (χ1v) is 6.70. The molecule has 4 rings (SSSR count). The van der Waals surface area contributed by atoms with Crippen molar-refractivity contribution in [2.75, 3.05) is 5.32 Å². The zero-order valence-electron chi connectivity index (χ0n) is 10.2. The van der Waals surface area contributed by atoms with Crippen LogP contribution in [-0.4, -0.2) is 32.7 Å². The van der Waals surface area contributed by atoms with Gasteiger partial charge in [-0.25, -0.2) is 9.50 Å². The molecule has 0 spiro atoms. The Morgan fingerprint density at radius 3 is 2.89 bits per heavy atom. The normalized spacial score (nSPS) is 30.8. The fraction of sp³-hybridized carbons (Fsp3) is 0.538. The highest BCUT2D eigenvalue weighted by atomic mass is 15.2. The summed E-state index contributed by atoms with van der Waals surface area (Å²) in [5, 5.41) is 11.4. The van der Waals surface area contributed by atoms with Gasteiger partial charge >= 0.3 is 0 Å². The lowest BCUT2D eigenvalue weighted by Crippen LogP contribution is -2.43. The molecule has 2 N–H and O–H groups in total. The summed E-state index contributed by atoms with van der Waals surface area (Å²) in [7, 11) is 0. The molecular formula is C13H17N5. The van der Waals surface area contributed by atoms with Crippen molar-refractivity contribution in [2.45, 2.75) is 43.8 Å². The highest BCUT2D eigenvalue weighted by Crippen LogP contribution is 2.28. The van der Waals surface area contributed by atoms with Gasteiger partial charge in [0.05, 0.1) is 6.20 Å². The second kappa shape index (κ2) is 3.95. The van der Waals surface area contributed by atoms with Crippen molar-refractivity contribution in [3.05, 3.63) is 24.5 Å². The van der Waals surface area contributed by atoms with E-state index in [1.165, 1.54) is 25.7 Å². The third-order valence-corrected chi connectivity index (χ3v) is 4.08. The number of hydrogen-bond donors (Lipinski definition) is 2. The number of anilines is 1. The predicted octanol–water partition coefficient (Wildman–Crippen LogP) is 1.42. The Morgan fingerprint density at radius 2 is 2.06 bits per heavy atom. The molecule has 4 heterocycles. The van der Waals surface area contributed by atoms with Crippen molar-refractivity contribution in [2.24, 2.45) is 0 Å². The molecule has 2 fully saturated rings. The minimum atomic E-state index is 0.557. The van der Waals surface area contributed by atoms with Crippen LogP contribution < -0.4 is 10.6 Å². The van der Waals surface area contributed by atoms with Gasteiger partial charge in [0.2, 0.25) is 0 Å². The molecule has 2 aromatic heterocycles. The molecule has 0 saturated carbocycles. The summed E-state index contributed by atoms with van der Waals surface area (Å²) in [4.78, 5) is 4.57. The highest BCUT2D eigenvalue weighted by Gasteiger charge is 2.33. The van der Waals surface area contributed by atoms with Crippen LogP contribution in [0.4, 0.5) is 5.82 Å². The van der Waals surface area contributed by atoms with Gasteiger partial charge in [-0.05, 0) is 31.7 Å². The smallest absolute Gasteiger partial charge is 0.157 e. The first-order valence-electron chi connectivity index (χ1n) is 6.70. The van der Waals surface area contributed by atoms with Gasteiger partial charge < -0.3 is 10.6 Å². The Labute approximate surface area is 106 Å². The van der Waals surface area contributed by atoms with Gasteiger partial charge in [-0.3, -0.25) is 0 Å². The molecule has 0 radical (unpaired) electrons. The number of rotatable bonds is 2. The predicted molar refractivity (Wildman–Crippen MR) is 69.6 cm³/mol. The summed E-state index contributed by atoms with van der Waals surface area (Å²) in [6, 6.07) is 5.91. The molecule has 2 aromatic rings. The van der Waals surface area contributed by atoms with Crippen molar-refractivity contribution >= 4 is 11.5 Å². The number of hydrogen-bond acceptors (Lipinski definition) is 4. The van der Waals surface area contributed by atoms with Gasteiger partial charge in [0.15, 0.2) is 5.65 Å². The third kappa shape index (κ3) is 1.75. The van der Waals surface area contributed by atoms with Crippen LogP contribution in [0.2, 0.25) is 0 Å². The maximum Gasteiger partial charge on any atom is 0.157 e. The summed E-state index contributed by atoms with van der Waals surface area (Å²) >= 11 is 0. The van der Waals surface area contributed by atoms with Gasteiger partial charge in [0.1, 0.15) is 5.82 Å². The Bertz CT molecular complexity index is 551. The first kappa shape index (κ1) is 10.3. The maximum atomic E-state index is 4.57. The Kier molecular flexibility index (Phi) is 2.26. The quantitative estimate of drug-likeness (QED) is 0.837. The fourth-order valence-corrected chi connectivity index (χ4v) is 3.28. The van der Waals surface area contributed by atoms with Crippen molar-refractivity contribution in [1.29, 1.82) is 0 Å². The molecule has 2 aliphatic rings. The summed E-state index contributed by atoms with van der Waals surface area (Å²) < 4.78 is 1.79. The third-order valence-electron chi connectivity index (χ3n) is 4.08. The average molecular weight is 243 g/mol. The van der Waals surface area contributed by atoms with Crippen LogP contribution in [0.15, 0.2) is 24.5 Å². The molecule has 18 heavy (non-hydrogen) atoms. The van der Waals surface area contributed by atoms with Gasteiger partial charge in [-0.2, -0.15) is 5.10 Å². The monoisotopic (exact) mass is 243 g/mol. The molecule has 5 nitrogen and oxygen atoms in total. The van der Waals surface area contributed by atoms with Crippen molar-refractivity contribution in [3.8, 4) is 0 Å². The summed E-state index contributed by atoms with van der Waals surface area (Å²) in [6.07, 6.45) is 8.82. The standard InChI is InChI=1S/C13H17N5/c1-2-10-8-11(7-9(1)15-10)16-12-4-6-18-13(17-12)3-5-14-18/h3-6,9-11,15H,1-2,7-8H2,(H,16,17). The van der Waals surface area contributed by atoms with Gasteiger partial charge in [-0.1, -0.05) is 0 Å². The average Bonchev–Trinajstić information content (AvgIpc) is 2.95. The number of nitrogens with zero attached hydrogens (tertiary/aromatic N) is 3. The lowest BCUT2D eigenvalue weighted by molar-refractivity contribution is 0.377. The minimum absolute atomic E-state index is 0.557. The zero-order chi connectivity index (χ0) is 11.9. The molecule has 2 saturated heterocycles. The van der Waals surface area contributed by atoms with E-state index in [0.29, 0.717) is 18.1 Å². The van der Waals surface area contributed by atoms with Crippen LogP contribution in [0.5, 0.6) is 0 Å². The minimum Gasteiger partial charge on any atom is -0.367 e. The Morgan fingerprint density at radius 1 is 1.22 bits per heavy atom. The van der Waals surface area contributed by atoms with E-state index in [1.54, 1.807) is 10.7 Å². The second-order valence-electron chi connectivity index (χ2n) is 5.40. The van der Waals surface area contributed by atoms with Gasteiger partial charge in [0, 0.05) is 30.4 Å². The van der Waals surface area contributed by atoms with Crippen molar-refractivity contribution < 1.29 is 0 Å². The molecule has 0 amide bonds. The Balaban J connectivity index is 1.53. The van der Waals surface area contributed by atoms with E-state index in [4.69, 9.17) is 0 Å². The largest absolute Gasteiger partial charge is 0.367 e. The lowest BCUT2D eigenvalue weighted by Gasteiger charge is -2.30.